The lowest BCUT2D eigenvalue weighted by Crippen LogP contribution is -2.61. The molecule has 0 spiro atoms. The normalized spacial score (nSPS) is 29.3. The molecule has 2 aromatic rings. The molecule has 0 unspecified atom stereocenters. The van der Waals surface area contributed by atoms with E-state index in [0.717, 1.165) is 32.5 Å². The topological polar surface area (TPSA) is 220 Å². The zero-order valence-electron chi connectivity index (χ0n) is 27.4. The van der Waals surface area contributed by atoms with Crippen LogP contribution in [0.2, 0.25) is 0 Å². The first-order valence-electron chi connectivity index (χ1n) is 15.4. The van der Waals surface area contributed by atoms with Gasteiger partial charge in [-0.3, -0.25) is 14.4 Å². The molecule has 2 heterocycles. The molecule has 3 N–H and O–H groups in total. The van der Waals surface area contributed by atoms with Crippen LogP contribution in [0.25, 0.3) is 0 Å². The largest absolute Gasteiger partial charge is 0.459 e. The quantitative estimate of drug-likeness (QED) is 0.203. The number of esters is 5. The second kappa shape index (κ2) is 17.7. The molecule has 2 saturated heterocycles. The SMILES string of the molecule is CO[C@H]1O[C@H](CO)[C@@H](O)[C@H](O)[C@@H]1OC(=O)c1ccccc1C(=O)OC[C@H]1O[C@H](Sc2ccccc2)[C@@H](OC(C)=O)[C@@H](OC(C)=O)[C@@H]1OC(C)=O. The van der Waals surface area contributed by atoms with E-state index in [9.17, 15) is 39.3 Å². The minimum absolute atomic E-state index is 0.268. The zero-order chi connectivity index (χ0) is 36.5. The maximum atomic E-state index is 13.5. The minimum Gasteiger partial charge on any atom is -0.459 e. The molecule has 10 atom stereocenters. The molecule has 2 aromatic carbocycles. The van der Waals surface area contributed by atoms with Crippen molar-refractivity contribution >= 4 is 41.6 Å². The Morgan fingerprint density at radius 2 is 1.24 bits per heavy atom. The van der Waals surface area contributed by atoms with Crippen LogP contribution in [0.3, 0.4) is 0 Å². The third-order valence-electron chi connectivity index (χ3n) is 7.54. The summed E-state index contributed by atoms with van der Waals surface area (Å²) in [6.07, 6.45) is -12.8. The van der Waals surface area contributed by atoms with Crippen molar-refractivity contribution in [1.29, 1.82) is 0 Å². The fourth-order valence-corrected chi connectivity index (χ4v) is 6.48. The number of benzene rings is 2. The number of aliphatic hydroxyl groups is 3. The van der Waals surface area contributed by atoms with Crippen molar-refractivity contribution in [2.75, 3.05) is 20.3 Å². The lowest BCUT2D eigenvalue weighted by Gasteiger charge is -2.44. The van der Waals surface area contributed by atoms with Gasteiger partial charge in [0.2, 0.25) is 0 Å². The molecule has 0 saturated carbocycles. The summed E-state index contributed by atoms with van der Waals surface area (Å²) in [6.45, 7) is 2.14. The molecule has 0 amide bonds. The molecule has 272 valence electrons. The van der Waals surface area contributed by atoms with Gasteiger partial charge in [0.1, 0.15) is 36.5 Å². The van der Waals surface area contributed by atoms with E-state index in [1.54, 1.807) is 30.3 Å². The Balaban J connectivity index is 1.58. The molecule has 0 bridgehead atoms. The lowest BCUT2D eigenvalue weighted by molar-refractivity contribution is -0.293. The molecular formula is C33H38O16S. The predicted molar refractivity (Wildman–Crippen MR) is 168 cm³/mol. The summed E-state index contributed by atoms with van der Waals surface area (Å²) < 4.78 is 44.2. The van der Waals surface area contributed by atoms with Crippen LogP contribution in [0, 0.1) is 0 Å². The van der Waals surface area contributed by atoms with Gasteiger partial charge in [-0.15, -0.1) is 0 Å². The third-order valence-corrected chi connectivity index (χ3v) is 8.69. The van der Waals surface area contributed by atoms with Crippen LogP contribution in [-0.2, 0) is 52.3 Å². The molecule has 2 aliphatic rings. The van der Waals surface area contributed by atoms with Crippen molar-refractivity contribution < 1.29 is 77.2 Å². The summed E-state index contributed by atoms with van der Waals surface area (Å²) in [6, 6.07) is 14.3. The van der Waals surface area contributed by atoms with Crippen LogP contribution < -0.4 is 0 Å². The van der Waals surface area contributed by atoms with Gasteiger partial charge < -0.3 is 53.2 Å². The van der Waals surface area contributed by atoms with Crippen molar-refractivity contribution in [3.63, 3.8) is 0 Å². The molecule has 17 heteroatoms. The average molecular weight is 723 g/mol. The summed E-state index contributed by atoms with van der Waals surface area (Å²) >= 11 is 1.12. The highest BCUT2D eigenvalue weighted by Crippen LogP contribution is 2.37. The highest BCUT2D eigenvalue weighted by Gasteiger charge is 2.53. The first kappa shape index (κ1) is 38.7. The molecule has 16 nitrogen and oxygen atoms in total. The Morgan fingerprint density at radius 1 is 0.680 bits per heavy atom. The fourth-order valence-electron chi connectivity index (χ4n) is 5.35. The van der Waals surface area contributed by atoms with Crippen molar-refractivity contribution in [1.82, 2.24) is 0 Å². The molecular weight excluding hydrogens is 684 g/mol. The minimum atomic E-state index is -1.71. The number of carbonyl (C=O) groups excluding carboxylic acids is 5. The summed E-state index contributed by atoms with van der Waals surface area (Å²) in [5, 5.41) is 30.3. The van der Waals surface area contributed by atoms with E-state index >= 15 is 0 Å². The fraction of sp³-hybridized carbons (Fsp3) is 0.485. The van der Waals surface area contributed by atoms with Crippen LogP contribution in [0.1, 0.15) is 41.5 Å². The number of hydrogen-bond acceptors (Lipinski definition) is 17. The first-order chi connectivity index (χ1) is 23.8. The predicted octanol–water partition coefficient (Wildman–Crippen LogP) is 0.766. The van der Waals surface area contributed by atoms with E-state index in [0.29, 0.717) is 4.90 Å². The van der Waals surface area contributed by atoms with E-state index in [4.69, 9.17) is 37.9 Å². The van der Waals surface area contributed by atoms with E-state index in [-0.39, 0.29) is 11.1 Å². The van der Waals surface area contributed by atoms with Gasteiger partial charge in [0.25, 0.3) is 0 Å². The number of thioether (sulfide) groups is 1. The maximum absolute atomic E-state index is 13.5. The maximum Gasteiger partial charge on any atom is 0.339 e. The second-order valence-corrected chi connectivity index (χ2v) is 12.3. The van der Waals surface area contributed by atoms with E-state index in [1.165, 1.54) is 31.4 Å². The van der Waals surface area contributed by atoms with Gasteiger partial charge in [0.15, 0.2) is 30.7 Å². The van der Waals surface area contributed by atoms with Gasteiger partial charge in [-0.2, -0.15) is 0 Å². The molecule has 2 aliphatic heterocycles. The summed E-state index contributed by atoms with van der Waals surface area (Å²) in [7, 11) is 1.20. The zero-order valence-corrected chi connectivity index (χ0v) is 28.3. The van der Waals surface area contributed by atoms with Crippen LogP contribution in [0.4, 0.5) is 0 Å². The van der Waals surface area contributed by atoms with E-state index < -0.39 is 104 Å². The second-order valence-electron chi connectivity index (χ2n) is 11.2. The number of methoxy groups -OCH3 is 1. The average Bonchev–Trinajstić information content (AvgIpc) is 3.08. The first-order valence-corrected chi connectivity index (χ1v) is 16.2. The number of carbonyl (C=O) groups is 5. The van der Waals surface area contributed by atoms with E-state index in [2.05, 4.69) is 0 Å². The third kappa shape index (κ3) is 9.57. The highest BCUT2D eigenvalue weighted by atomic mass is 32.2. The Hall–Kier alpha value is -4.10. The summed E-state index contributed by atoms with van der Waals surface area (Å²) in [5.74, 6) is -4.44. The molecule has 0 aromatic heterocycles. The lowest BCUT2D eigenvalue weighted by atomic mass is 9.99. The van der Waals surface area contributed by atoms with Gasteiger partial charge in [-0.25, -0.2) is 9.59 Å². The van der Waals surface area contributed by atoms with E-state index in [1.807, 2.05) is 0 Å². The van der Waals surface area contributed by atoms with Crippen LogP contribution in [-0.4, -0.2) is 126 Å². The molecule has 0 radical (unpaired) electrons. The molecule has 50 heavy (non-hydrogen) atoms. The summed E-state index contributed by atoms with van der Waals surface area (Å²) in [4.78, 5) is 64.0. The number of ether oxygens (including phenoxy) is 8. The van der Waals surface area contributed by atoms with Crippen molar-refractivity contribution in [2.24, 2.45) is 0 Å². The standard InChI is InChI=1S/C33H38O16S/c1-16(35)44-26-23(48-33(50-19-10-6-5-7-11-19)29(46-18(3)37)28(26)45-17(2)36)15-43-30(40)20-12-8-9-13-21(20)31(41)49-27-25(39)24(38)22(14-34)47-32(27)42-4/h5-13,22-29,32-34,38-39H,14-15H2,1-4H3/t22-,23-,24-,25+,26-,27+,28+,29+,32+,33-/m1/s1. The highest BCUT2D eigenvalue weighted by molar-refractivity contribution is 7.99. The van der Waals surface area contributed by atoms with Gasteiger partial charge in [-0.1, -0.05) is 42.1 Å². The van der Waals surface area contributed by atoms with Crippen LogP contribution in [0.15, 0.2) is 59.5 Å². The Labute approximate surface area is 290 Å². The van der Waals surface area contributed by atoms with Crippen molar-refractivity contribution in [3.05, 3.63) is 65.7 Å². The molecule has 4 rings (SSSR count). The van der Waals surface area contributed by atoms with Gasteiger partial charge >= 0.3 is 29.8 Å². The van der Waals surface area contributed by atoms with Gasteiger partial charge in [-0.05, 0) is 24.3 Å². The van der Waals surface area contributed by atoms with Crippen molar-refractivity contribution in [3.8, 4) is 0 Å². The Morgan fingerprint density at radius 3 is 1.82 bits per heavy atom. The van der Waals surface area contributed by atoms with Gasteiger partial charge in [0.05, 0.1) is 17.7 Å². The number of rotatable bonds is 12. The number of hydrogen-bond donors (Lipinski definition) is 3. The smallest absolute Gasteiger partial charge is 0.339 e. The monoisotopic (exact) mass is 722 g/mol. The van der Waals surface area contributed by atoms with Crippen LogP contribution in [0.5, 0.6) is 0 Å². The Bertz CT molecular complexity index is 1500. The van der Waals surface area contributed by atoms with Crippen LogP contribution >= 0.6 is 11.8 Å². The Kier molecular flexibility index (Phi) is 13.7. The number of aliphatic hydroxyl groups excluding tert-OH is 3. The molecule has 0 aliphatic carbocycles. The molecule has 2 fully saturated rings. The summed E-state index contributed by atoms with van der Waals surface area (Å²) in [5.41, 5.74) is -1.59. The van der Waals surface area contributed by atoms with Gasteiger partial charge in [0, 0.05) is 32.8 Å². The van der Waals surface area contributed by atoms with Crippen molar-refractivity contribution in [2.45, 2.75) is 86.2 Å².